The molecule has 0 atom stereocenters. The summed E-state index contributed by atoms with van der Waals surface area (Å²) in [6.07, 6.45) is 1.67. The van der Waals surface area contributed by atoms with Crippen LogP contribution >= 0.6 is 11.8 Å². The molecule has 0 amide bonds. The molecule has 2 nitrogen and oxygen atoms in total. The minimum Gasteiger partial charge on any atom is -0.462 e. The Hall–Kier alpha value is -1.48. The SMILES string of the molecule is CN=C(SCc1ccccc1)c1ccco1. The van der Waals surface area contributed by atoms with Crippen LogP contribution in [0.5, 0.6) is 0 Å². The van der Waals surface area contributed by atoms with Crippen LogP contribution in [-0.2, 0) is 5.75 Å². The molecule has 0 saturated carbocycles. The maximum Gasteiger partial charge on any atom is 0.158 e. The predicted octanol–water partition coefficient (Wildman–Crippen LogP) is 3.59. The lowest BCUT2D eigenvalue weighted by Crippen LogP contribution is -1.94. The summed E-state index contributed by atoms with van der Waals surface area (Å²) in [7, 11) is 1.79. The largest absolute Gasteiger partial charge is 0.462 e. The van der Waals surface area contributed by atoms with E-state index in [1.54, 1.807) is 25.1 Å². The third-order valence-electron chi connectivity index (χ3n) is 2.15. The van der Waals surface area contributed by atoms with Gasteiger partial charge in [-0.15, -0.1) is 0 Å². The Balaban J connectivity index is 2.00. The van der Waals surface area contributed by atoms with Crippen LogP contribution in [-0.4, -0.2) is 12.1 Å². The van der Waals surface area contributed by atoms with E-state index in [0.717, 1.165) is 16.6 Å². The van der Waals surface area contributed by atoms with Gasteiger partial charge < -0.3 is 4.42 Å². The molecule has 0 spiro atoms. The van der Waals surface area contributed by atoms with Crippen molar-refractivity contribution < 1.29 is 4.42 Å². The van der Waals surface area contributed by atoms with Crippen molar-refractivity contribution in [3.63, 3.8) is 0 Å². The first-order valence-electron chi connectivity index (χ1n) is 5.07. The Morgan fingerprint density at radius 3 is 2.62 bits per heavy atom. The van der Waals surface area contributed by atoms with Gasteiger partial charge in [0.05, 0.1) is 6.26 Å². The van der Waals surface area contributed by atoms with E-state index >= 15 is 0 Å². The van der Waals surface area contributed by atoms with E-state index in [-0.39, 0.29) is 0 Å². The topological polar surface area (TPSA) is 25.5 Å². The summed E-state index contributed by atoms with van der Waals surface area (Å²) in [6.45, 7) is 0. The van der Waals surface area contributed by atoms with Gasteiger partial charge in [0.2, 0.25) is 0 Å². The zero-order valence-electron chi connectivity index (χ0n) is 9.09. The van der Waals surface area contributed by atoms with Gasteiger partial charge in [-0.05, 0) is 17.7 Å². The van der Waals surface area contributed by atoms with E-state index in [4.69, 9.17) is 4.42 Å². The molecule has 0 unspecified atom stereocenters. The fraction of sp³-hybridized carbons (Fsp3) is 0.154. The molecule has 1 heterocycles. The van der Waals surface area contributed by atoms with E-state index in [1.807, 2.05) is 30.3 Å². The number of nitrogens with zero attached hydrogens (tertiary/aromatic N) is 1. The molecule has 0 radical (unpaired) electrons. The fourth-order valence-electron chi connectivity index (χ4n) is 1.37. The number of aliphatic imine (C=N–C) groups is 1. The van der Waals surface area contributed by atoms with E-state index in [2.05, 4.69) is 17.1 Å². The highest BCUT2D eigenvalue weighted by atomic mass is 32.2. The van der Waals surface area contributed by atoms with E-state index in [9.17, 15) is 0 Å². The van der Waals surface area contributed by atoms with Gasteiger partial charge in [-0.3, -0.25) is 4.99 Å². The average molecular weight is 231 g/mol. The summed E-state index contributed by atoms with van der Waals surface area (Å²) in [4.78, 5) is 4.23. The Kier molecular flexibility index (Phi) is 3.83. The lowest BCUT2D eigenvalue weighted by atomic mass is 10.2. The zero-order chi connectivity index (χ0) is 11.2. The van der Waals surface area contributed by atoms with Crippen molar-refractivity contribution >= 4 is 16.8 Å². The highest BCUT2D eigenvalue weighted by Gasteiger charge is 2.06. The van der Waals surface area contributed by atoms with Gasteiger partial charge in [0.25, 0.3) is 0 Å². The maximum atomic E-state index is 5.32. The van der Waals surface area contributed by atoms with Gasteiger partial charge in [0.1, 0.15) is 5.04 Å². The molecule has 0 N–H and O–H groups in total. The molecule has 0 saturated heterocycles. The first-order valence-corrected chi connectivity index (χ1v) is 6.06. The van der Waals surface area contributed by atoms with Gasteiger partial charge in [0.15, 0.2) is 5.76 Å². The standard InChI is InChI=1S/C13H13NOS/c1-14-13(12-8-5-9-15-12)16-10-11-6-3-2-4-7-11/h2-9H,10H2,1H3. The van der Waals surface area contributed by atoms with Gasteiger partial charge in [-0.25, -0.2) is 0 Å². The molecule has 3 heteroatoms. The van der Waals surface area contributed by atoms with E-state index in [1.165, 1.54) is 5.56 Å². The van der Waals surface area contributed by atoms with Crippen LogP contribution in [0, 0.1) is 0 Å². The van der Waals surface area contributed by atoms with Crippen molar-refractivity contribution in [2.75, 3.05) is 7.05 Å². The molecule has 2 aromatic rings. The molecule has 1 aromatic heterocycles. The Morgan fingerprint density at radius 1 is 1.19 bits per heavy atom. The normalized spacial score (nSPS) is 11.7. The van der Waals surface area contributed by atoms with Gasteiger partial charge >= 0.3 is 0 Å². The second kappa shape index (κ2) is 5.56. The Bertz CT molecular complexity index is 448. The van der Waals surface area contributed by atoms with Gasteiger partial charge in [-0.1, -0.05) is 42.1 Å². The zero-order valence-corrected chi connectivity index (χ0v) is 9.91. The molecule has 0 aliphatic carbocycles. The molecular formula is C13H13NOS. The van der Waals surface area contributed by atoms with Crippen molar-refractivity contribution in [3.05, 3.63) is 60.1 Å². The van der Waals surface area contributed by atoms with Gasteiger partial charge in [0, 0.05) is 12.8 Å². The third-order valence-corrected chi connectivity index (χ3v) is 3.29. The number of thioether (sulfide) groups is 1. The summed E-state index contributed by atoms with van der Waals surface area (Å²) in [5.74, 6) is 1.75. The van der Waals surface area contributed by atoms with Crippen molar-refractivity contribution in [3.8, 4) is 0 Å². The van der Waals surface area contributed by atoms with Crippen molar-refractivity contribution in [1.29, 1.82) is 0 Å². The fourth-order valence-corrected chi connectivity index (χ4v) is 2.26. The molecule has 0 aliphatic rings. The van der Waals surface area contributed by atoms with Crippen LogP contribution in [0.15, 0.2) is 58.1 Å². The predicted molar refractivity (Wildman–Crippen MR) is 68.9 cm³/mol. The summed E-state index contributed by atoms with van der Waals surface area (Å²) < 4.78 is 5.32. The number of hydrogen-bond donors (Lipinski definition) is 0. The summed E-state index contributed by atoms with van der Waals surface area (Å²) in [6, 6.07) is 14.2. The molecule has 0 bridgehead atoms. The molecule has 16 heavy (non-hydrogen) atoms. The first-order chi connectivity index (χ1) is 7.90. The van der Waals surface area contributed by atoms with Crippen LogP contribution < -0.4 is 0 Å². The van der Waals surface area contributed by atoms with Crippen LogP contribution in [0.3, 0.4) is 0 Å². The van der Waals surface area contributed by atoms with Crippen LogP contribution in [0.4, 0.5) is 0 Å². The maximum absolute atomic E-state index is 5.32. The molecular weight excluding hydrogens is 218 g/mol. The van der Waals surface area contributed by atoms with Gasteiger partial charge in [-0.2, -0.15) is 0 Å². The summed E-state index contributed by atoms with van der Waals surface area (Å²) in [5, 5.41) is 0.939. The summed E-state index contributed by atoms with van der Waals surface area (Å²) in [5.41, 5.74) is 1.29. The van der Waals surface area contributed by atoms with Crippen LogP contribution in [0.1, 0.15) is 11.3 Å². The van der Waals surface area contributed by atoms with Crippen molar-refractivity contribution in [1.82, 2.24) is 0 Å². The summed E-state index contributed by atoms with van der Waals surface area (Å²) >= 11 is 1.69. The third kappa shape index (κ3) is 2.76. The second-order valence-corrected chi connectivity index (χ2v) is 4.24. The molecule has 2 rings (SSSR count). The lowest BCUT2D eigenvalue weighted by Gasteiger charge is -2.02. The smallest absolute Gasteiger partial charge is 0.158 e. The number of furan rings is 1. The number of hydrogen-bond acceptors (Lipinski definition) is 3. The number of rotatable bonds is 3. The van der Waals surface area contributed by atoms with E-state index in [0.29, 0.717) is 0 Å². The van der Waals surface area contributed by atoms with Crippen LogP contribution in [0.25, 0.3) is 0 Å². The average Bonchev–Trinajstić information content (AvgIpc) is 2.85. The minimum atomic E-state index is 0.837. The quantitative estimate of drug-likeness (QED) is 0.596. The molecule has 0 aliphatic heterocycles. The first kappa shape index (κ1) is 11.0. The Labute approximate surface area is 99.4 Å². The molecule has 0 fully saturated rings. The Morgan fingerprint density at radius 2 is 2.00 bits per heavy atom. The van der Waals surface area contributed by atoms with E-state index < -0.39 is 0 Å². The highest BCUT2D eigenvalue weighted by molar-refractivity contribution is 8.13. The second-order valence-electron chi connectivity index (χ2n) is 3.28. The monoisotopic (exact) mass is 231 g/mol. The number of benzene rings is 1. The van der Waals surface area contributed by atoms with Crippen LogP contribution in [0.2, 0.25) is 0 Å². The molecule has 1 aromatic carbocycles. The highest BCUT2D eigenvalue weighted by Crippen LogP contribution is 2.19. The minimum absolute atomic E-state index is 0.837. The molecule has 82 valence electrons. The van der Waals surface area contributed by atoms with Crippen molar-refractivity contribution in [2.24, 2.45) is 4.99 Å². The lowest BCUT2D eigenvalue weighted by molar-refractivity contribution is 0.559. The van der Waals surface area contributed by atoms with Crippen molar-refractivity contribution in [2.45, 2.75) is 5.75 Å².